The van der Waals surface area contributed by atoms with Crippen molar-refractivity contribution in [1.29, 1.82) is 0 Å². The van der Waals surface area contributed by atoms with Crippen LogP contribution in [0.15, 0.2) is 42.5 Å². The molecule has 1 fully saturated rings. The summed E-state index contributed by atoms with van der Waals surface area (Å²) in [5.74, 6) is -3.84. The number of carbonyl (C=O) groups excluding carboxylic acids is 3. The second-order valence-electron chi connectivity index (χ2n) is 7.30. The quantitative estimate of drug-likeness (QED) is 0.659. The number of hydrogen-bond donors (Lipinski definition) is 0. The summed E-state index contributed by atoms with van der Waals surface area (Å²) in [6, 6.07) is 10.1. The third kappa shape index (κ3) is 3.25. The van der Waals surface area contributed by atoms with Crippen LogP contribution in [0.1, 0.15) is 28.8 Å². The fraction of sp³-hybridized carbons (Fsp3) is 0.318. The summed E-state index contributed by atoms with van der Waals surface area (Å²) in [5.41, 5.74) is -1.26. The number of halogens is 2. The molecule has 162 valence electrons. The highest BCUT2D eigenvalue weighted by Crippen LogP contribution is 2.45. The number of methoxy groups -OCH3 is 1. The number of anilines is 1. The van der Waals surface area contributed by atoms with Crippen molar-refractivity contribution in [1.82, 2.24) is 4.90 Å². The van der Waals surface area contributed by atoms with E-state index in [1.165, 1.54) is 29.0 Å². The molecule has 7 nitrogen and oxygen atoms in total. The van der Waals surface area contributed by atoms with Gasteiger partial charge in [-0.25, -0.2) is 13.6 Å². The minimum Gasteiger partial charge on any atom is -0.458 e. The fourth-order valence-corrected chi connectivity index (χ4v) is 4.15. The van der Waals surface area contributed by atoms with E-state index in [0.29, 0.717) is 5.69 Å². The van der Waals surface area contributed by atoms with E-state index in [-0.39, 0.29) is 43.0 Å². The molecule has 0 saturated carbocycles. The van der Waals surface area contributed by atoms with Gasteiger partial charge in [-0.2, -0.15) is 0 Å². The van der Waals surface area contributed by atoms with Crippen LogP contribution in [0.4, 0.5) is 14.5 Å². The standard InChI is InChI=1S/C22H20F2N2O5/c1-30-12-11-25-20(28)15-6-2-3-8-17(15)26-18(27)9-10-22(25,26)21(29)31-13-14-5-4-7-16(23)19(14)24/h2-8H,9-13H2,1H3/t22-/m0/s1. The predicted octanol–water partition coefficient (Wildman–Crippen LogP) is 2.63. The molecule has 0 spiro atoms. The second kappa shape index (κ2) is 8.07. The van der Waals surface area contributed by atoms with E-state index in [4.69, 9.17) is 9.47 Å². The highest BCUT2D eigenvalue weighted by Gasteiger charge is 2.61. The first-order valence-corrected chi connectivity index (χ1v) is 9.75. The number of fused-ring (bicyclic) bond motifs is 3. The van der Waals surface area contributed by atoms with E-state index in [2.05, 4.69) is 0 Å². The van der Waals surface area contributed by atoms with Crippen LogP contribution in [0.2, 0.25) is 0 Å². The third-order valence-corrected chi connectivity index (χ3v) is 5.61. The Morgan fingerprint density at radius 3 is 2.68 bits per heavy atom. The number of ether oxygens (including phenoxy) is 2. The van der Waals surface area contributed by atoms with Crippen molar-refractivity contribution in [2.24, 2.45) is 0 Å². The number of hydrogen-bond acceptors (Lipinski definition) is 5. The largest absolute Gasteiger partial charge is 0.458 e. The van der Waals surface area contributed by atoms with Crippen molar-refractivity contribution in [2.75, 3.05) is 25.2 Å². The maximum absolute atomic E-state index is 14.0. The van der Waals surface area contributed by atoms with E-state index in [1.54, 1.807) is 24.3 Å². The van der Waals surface area contributed by atoms with Gasteiger partial charge in [0, 0.05) is 32.1 Å². The van der Waals surface area contributed by atoms with E-state index >= 15 is 0 Å². The molecule has 0 radical (unpaired) electrons. The van der Waals surface area contributed by atoms with Crippen LogP contribution < -0.4 is 4.90 Å². The van der Waals surface area contributed by atoms with Crippen molar-refractivity contribution in [2.45, 2.75) is 25.1 Å². The van der Waals surface area contributed by atoms with Crippen LogP contribution in [-0.2, 0) is 25.7 Å². The van der Waals surface area contributed by atoms with Gasteiger partial charge in [0.15, 0.2) is 11.6 Å². The van der Waals surface area contributed by atoms with E-state index in [0.717, 1.165) is 6.07 Å². The van der Waals surface area contributed by atoms with Gasteiger partial charge in [0.1, 0.15) is 6.61 Å². The molecule has 0 aliphatic carbocycles. The lowest BCUT2D eigenvalue weighted by Crippen LogP contribution is -2.68. The van der Waals surface area contributed by atoms with Gasteiger partial charge >= 0.3 is 5.97 Å². The molecule has 0 unspecified atom stereocenters. The minimum absolute atomic E-state index is 0.0140. The first kappa shape index (κ1) is 20.9. The summed E-state index contributed by atoms with van der Waals surface area (Å²) in [5, 5.41) is 0. The van der Waals surface area contributed by atoms with Gasteiger partial charge < -0.3 is 14.4 Å². The van der Waals surface area contributed by atoms with E-state index in [1.807, 2.05) is 0 Å². The summed E-state index contributed by atoms with van der Waals surface area (Å²) in [7, 11) is 1.46. The van der Waals surface area contributed by atoms with Crippen molar-refractivity contribution in [3.05, 3.63) is 65.2 Å². The van der Waals surface area contributed by atoms with Gasteiger partial charge in [-0.3, -0.25) is 14.5 Å². The molecule has 0 N–H and O–H groups in total. The summed E-state index contributed by atoms with van der Waals surface area (Å²) >= 11 is 0. The summed E-state index contributed by atoms with van der Waals surface area (Å²) in [6.45, 7) is -0.374. The fourth-order valence-electron chi connectivity index (χ4n) is 4.15. The Kier molecular flexibility index (Phi) is 5.45. The minimum atomic E-state index is -1.72. The zero-order valence-electron chi connectivity index (χ0n) is 16.8. The molecular weight excluding hydrogens is 410 g/mol. The topological polar surface area (TPSA) is 76.2 Å². The number of carbonyl (C=O) groups is 3. The Morgan fingerprint density at radius 1 is 1.13 bits per heavy atom. The second-order valence-corrected chi connectivity index (χ2v) is 7.30. The molecule has 4 rings (SSSR count). The average molecular weight is 430 g/mol. The van der Waals surface area contributed by atoms with Gasteiger partial charge in [0.05, 0.1) is 17.9 Å². The molecule has 2 aliphatic rings. The van der Waals surface area contributed by atoms with Crippen molar-refractivity contribution >= 4 is 23.5 Å². The molecule has 2 heterocycles. The first-order valence-electron chi connectivity index (χ1n) is 9.75. The summed E-state index contributed by atoms with van der Waals surface area (Å²) in [4.78, 5) is 42.0. The van der Waals surface area contributed by atoms with Crippen LogP contribution in [0.25, 0.3) is 0 Å². The van der Waals surface area contributed by atoms with Crippen molar-refractivity contribution in [3.8, 4) is 0 Å². The summed E-state index contributed by atoms with van der Waals surface area (Å²) < 4.78 is 38.0. The Balaban J connectivity index is 1.74. The lowest BCUT2D eigenvalue weighted by atomic mass is 9.96. The molecule has 2 amide bonds. The zero-order chi connectivity index (χ0) is 22.2. The van der Waals surface area contributed by atoms with Gasteiger partial charge in [-0.05, 0) is 18.2 Å². The highest BCUT2D eigenvalue weighted by molar-refractivity contribution is 6.15. The molecular formula is C22H20F2N2O5. The molecule has 31 heavy (non-hydrogen) atoms. The zero-order valence-corrected chi connectivity index (χ0v) is 16.8. The van der Waals surface area contributed by atoms with Crippen LogP contribution in [0, 0.1) is 11.6 Å². The van der Waals surface area contributed by atoms with Crippen LogP contribution >= 0.6 is 0 Å². The smallest absolute Gasteiger partial charge is 0.354 e. The monoisotopic (exact) mass is 430 g/mol. The molecule has 2 aromatic carbocycles. The van der Waals surface area contributed by atoms with Crippen LogP contribution in [-0.4, -0.2) is 48.6 Å². The van der Waals surface area contributed by atoms with Crippen molar-refractivity contribution < 1.29 is 32.6 Å². The Hall–Kier alpha value is -3.33. The molecule has 0 bridgehead atoms. The number of esters is 1. The number of rotatable bonds is 6. The predicted molar refractivity (Wildman–Crippen MR) is 105 cm³/mol. The third-order valence-electron chi connectivity index (χ3n) is 5.61. The molecule has 2 aliphatic heterocycles. The molecule has 1 atom stereocenters. The molecule has 9 heteroatoms. The summed E-state index contributed by atoms with van der Waals surface area (Å²) in [6.07, 6.45) is 0.0363. The average Bonchev–Trinajstić information content (AvgIpc) is 3.13. The normalized spacial score (nSPS) is 20.0. The van der Waals surface area contributed by atoms with Gasteiger partial charge in [-0.15, -0.1) is 0 Å². The van der Waals surface area contributed by atoms with Gasteiger partial charge in [0.2, 0.25) is 11.6 Å². The Morgan fingerprint density at radius 2 is 1.90 bits per heavy atom. The number of amides is 2. The van der Waals surface area contributed by atoms with Crippen molar-refractivity contribution in [3.63, 3.8) is 0 Å². The van der Waals surface area contributed by atoms with Crippen LogP contribution in [0.3, 0.4) is 0 Å². The Labute approximate surface area is 177 Å². The van der Waals surface area contributed by atoms with Gasteiger partial charge in [0.25, 0.3) is 5.91 Å². The number of para-hydroxylation sites is 1. The first-order chi connectivity index (χ1) is 14.9. The lowest BCUT2D eigenvalue weighted by Gasteiger charge is -2.48. The molecule has 1 saturated heterocycles. The maximum atomic E-state index is 14.0. The Bertz CT molecular complexity index is 1060. The van der Waals surface area contributed by atoms with E-state index < -0.39 is 35.8 Å². The number of benzene rings is 2. The molecule has 0 aromatic heterocycles. The SMILES string of the molecule is COCCN1C(=O)c2ccccc2N2C(=O)CC[C@]12C(=O)OCc1cccc(F)c1F. The number of nitrogens with zero attached hydrogens (tertiary/aromatic N) is 2. The lowest BCUT2D eigenvalue weighted by molar-refractivity contribution is -0.159. The van der Waals surface area contributed by atoms with Gasteiger partial charge in [-0.1, -0.05) is 24.3 Å². The maximum Gasteiger partial charge on any atom is 0.354 e. The van der Waals surface area contributed by atoms with Crippen LogP contribution in [0.5, 0.6) is 0 Å². The molecule has 2 aromatic rings. The highest BCUT2D eigenvalue weighted by atomic mass is 19.2. The van der Waals surface area contributed by atoms with E-state index in [9.17, 15) is 23.2 Å².